The van der Waals surface area contributed by atoms with Crippen LogP contribution in [0.1, 0.15) is 28.9 Å². The minimum Gasteiger partial charge on any atom is -0.398 e. The summed E-state index contributed by atoms with van der Waals surface area (Å²) in [5.74, 6) is -0.244. The Morgan fingerprint density at radius 3 is 2.50 bits per heavy atom. The molecule has 0 saturated carbocycles. The molecule has 0 aliphatic rings. The maximum Gasteiger partial charge on any atom is 0.253 e. The molecule has 1 amide bonds. The van der Waals surface area contributed by atoms with Crippen LogP contribution in [-0.4, -0.2) is 5.91 Å². The van der Waals surface area contributed by atoms with Crippen LogP contribution in [0.5, 0.6) is 0 Å². The van der Waals surface area contributed by atoms with Crippen LogP contribution < -0.4 is 11.1 Å². The number of hydrogen-bond donors (Lipinski definition) is 2. The minimum atomic E-state index is -0.244. The minimum absolute atomic E-state index is 0.170. The van der Waals surface area contributed by atoms with Gasteiger partial charge in [0.2, 0.25) is 0 Å². The highest BCUT2D eigenvalue weighted by molar-refractivity contribution is 6.31. The van der Waals surface area contributed by atoms with Crippen LogP contribution >= 0.6 is 23.2 Å². The van der Waals surface area contributed by atoms with Gasteiger partial charge in [0.15, 0.2) is 0 Å². The first-order valence-corrected chi connectivity index (χ1v) is 6.84. The maximum absolute atomic E-state index is 12.2. The first-order chi connectivity index (χ1) is 9.47. The largest absolute Gasteiger partial charge is 0.398 e. The van der Waals surface area contributed by atoms with E-state index in [-0.39, 0.29) is 11.9 Å². The van der Waals surface area contributed by atoms with Crippen LogP contribution in [0.3, 0.4) is 0 Å². The number of rotatable bonds is 3. The van der Waals surface area contributed by atoms with E-state index in [0.29, 0.717) is 21.3 Å². The van der Waals surface area contributed by atoms with Gasteiger partial charge in [-0.1, -0.05) is 35.3 Å². The molecule has 1 atom stereocenters. The SMILES string of the molecule is C[C@@H](NC(=O)c1ccc(Cl)cc1N)c1cccc(Cl)c1. The molecule has 0 radical (unpaired) electrons. The van der Waals surface area contributed by atoms with Crippen molar-refractivity contribution in [3.63, 3.8) is 0 Å². The molecule has 0 aliphatic carbocycles. The quantitative estimate of drug-likeness (QED) is 0.840. The average molecular weight is 309 g/mol. The summed E-state index contributed by atoms with van der Waals surface area (Å²) >= 11 is 11.8. The highest BCUT2D eigenvalue weighted by atomic mass is 35.5. The number of hydrogen-bond acceptors (Lipinski definition) is 2. The predicted octanol–water partition coefficient (Wildman–Crippen LogP) is 4.07. The normalized spacial score (nSPS) is 11.9. The number of nitrogens with two attached hydrogens (primary N) is 1. The number of anilines is 1. The summed E-state index contributed by atoms with van der Waals surface area (Å²) in [7, 11) is 0. The molecule has 20 heavy (non-hydrogen) atoms. The summed E-state index contributed by atoms with van der Waals surface area (Å²) in [5.41, 5.74) is 7.48. The van der Waals surface area contributed by atoms with Crippen LogP contribution in [0, 0.1) is 0 Å². The molecule has 0 heterocycles. The molecule has 3 nitrogen and oxygen atoms in total. The summed E-state index contributed by atoms with van der Waals surface area (Å²) < 4.78 is 0. The third-order valence-corrected chi connectivity index (χ3v) is 3.42. The van der Waals surface area contributed by atoms with Crippen molar-refractivity contribution < 1.29 is 4.79 Å². The van der Waals surface area contributed by atoms with Crippen LogP contribution in [0.15, 0.2) is 42.5 Å². The van der Waals surface area contributed by atoms with Gasteiger partial charge < -0.3 is 11.1 Å². The molecular formula is C15H14Cl2N2O. The van der Waals surface area contributed by atoms with Gasteiger partial charge in [-0.25, -0.2) is 0 Å². The zero-order valence-electron chi connectivity index (χ0n) is 10.9. The van der Waals surface area contributed by atoms with Crippen LogP contribution in [0.25, 0.3) is 0 Å². The van der Waals surface area contributed by atoms with Gasteiger partial charge in [0.05, 0.1) is 11.6 Å². The molecule has 0 saturated heterocycles. The van der Waals surface area contributed by atoms with Gasteiger partial charge in [-0.15, -0.1) is 0 Å². The second-order valence-corrected chi connectivity index (χ2v) is 5.35. The van der Waals surface area contributed by atoms with Crippen molar-refractivity contribution in [2.24, 2.45) is 0 Å². The van der Waals surface area contributed by atoms with E-state index >= 15 is 0 Å². The number of amides is 1. The Hall–Kier alpha value is -1.71. The van der Waals surface area contributed by atoms with Crippen LogP contribution in [-0.2, 0) is 0 Å². The van der Waals surface area contributed by atoms with Gasteiger partial charge in [-0.05, 0) is 42.8 Å². The standard InChI is InChI=1S/C15H14Cl2N2O/c1-9(10-3-2-4-11(16)7-10)19-15(20)13-6-5-12(17)8-14(13)18/h2-9H,18H2,1H3,(H,19,20)/t9-/m1/s1. The molecule has 5 heteroatoms. The van der Waals surface area contributed by atoms with Crippen molar-refractivity contribution in [1.82, 2.24) is 5.32 Å². The number of nitrogen functional groups attached to an aromatic ring is 1. The number of nitrogens with one attached hydrogen (secondary N) is 1. The lowest BCUT2D eigenvalue weighted by molar-refractivity contribution is 0.0941. The molecular weight excluding hydrogens is 295 g/mol. The van der Waals surface area contributed by atoms with E-state index in [9.17, 15) is 4.79 Å². The van der Waals surface area contributed by atoms with Gasteiger partial charge in [0.1, 0.15) is 0 Å². The Morgan fingerprint density at radius 1 is 1.15 bits per heavy atom. The van der Waals surface area contributed by atoms with Crippen molar-refractivity contribution in [3.8, 4) is 0 Å². The van der Waals surface area contributed by atoms with Gasteiger partial charge in [-0.2, -0.15) is 0 Å². The van der Waals surface area contributed by atoms with E-state index in [1.807, 2.05) is 25.1 Å². The number of halogens is 2. The fraction of sp³-hybridized carbons (Fsp3) is 0.133. The molecule has 3 N–H and O–H groups in total. The second-order valence-electron chi connectivity index (χ2n) is 4.48. The second kappa shape index (κ2) is 6.16. The molecule has 104 valence electrons. The predicted molar refractivity (Wildman–Crippen MR) is 83.2 cm³/mol. The lowest BCUT2D eigenvalue weighted by Crippen LogP contribution is -2.27. The van der Waals surface area contributed by atoms with Gasteiger partial charge >= 0.3 is 0 Å². The number of carbonyl (C=O) groups is 1. The zero-order valence-corrected chi connectivity index (χ0v) is 12.4. The van der Waals surface area contributed by atoms with Crippen molar-refractivity contribution in [3.05, 3.63) is 63.6 Å². The highest BCUT2D eigenvalue weighted by Gasteiger charge is 2.14. The monoisotopic (exact) mass is 308 g/mol. The molecule has 2 aromatic rings. The summed E-state index contributed by atoms with van der Waals surface area (Å²) in [6.07, 6.45) is 0. The third-order valence-electron chi connectivity index (χ3n) is 2.95. The summed E-state index contributed by atoms with van der Waals surface area (Å²) in [5, 5.41) is 4.02. The molecule has 0 spiro atoms. The van der Waals surface area contributed by atoms with E-state index in [2.05, 4.69) is 5.32 Å². The maximum atomic E-state index is 12.2. The van der Waals surface area contributed by atoms with Crippen LogP contribution in [0.2, 0.25) is 10.0 Å². The highest BCUT2D eigenvalue weighted by Crippen LogP contribution is 2.21. The summed E-state index contributed by atoms with van der Waals surface area (Å²) in [4.78, 5) is 12.2. The smallest absolute Gasteiger partial charge is 0.253 e. The molecule has 2 aromatic carbocycles. The van der Waals surface area contributed by atoms with Gasteiger partial charge in [-0.3, -0.25) is 4.79 Å². The topological polar surface area (TPSA) is 55.1 Å². The van der Waals surface area contributed by atoms with E-state index in [4.69, 9.17) is 28.9 Å². The lowest BCUT2D eigenvalue weighted by Gasteiger charge is -2.15. The number of carbonyl (C=O) groups excluding carboxylic acids is 1. The molecule has 0 aromatic heterocycles. The third kappa shape index (κ3) is 3.44. The Bertz CT molecular complexity index is 644. The average Bonchev–Trinajstić information content (AvgIpc) is 2.38. The first kappa shape index (κ1) is 14.7. The van der Waals surface area contributed by atoms with Crippen molar-refractivity contribution in [2.75, 3.05) is 5.73 Å². The summed E-state index contributed by atoms with van der Waals surface area (Å²) in [6, 6.07) is 12.0. The van der Waals surface area contributed by atoms with Crippen molar-refractivity contribution in [1.29, 1.82) is 0 Å². The van der Waals surface area contributed by atoms with E-state index in [1.165, 1.54) is 0 Å². The van der Waals surface area contributed by atoms with Crippen molar-refractivity contribution >= 4 is 34.8 Å². The number of benzene rings is 2. The van der Waals surface area contributed by atoms with Crippen LogP contribution in [0.4, 0.5) is 5.69 Å². The van der Waals surface area contributed by atoms with E-state index in [1.54, 1.807) is 24.3 Å². The lowest BCUT2D eigenvalue weighted by atomic mass is 10.1. The molecule has 0 aliphatic heterocycles. The van der Waals surface area contributed by atoms with E-state index in [0.717, 1.165) is 5.56 Å². The Morgan fingerprint density at radius 2 is 1.85 bits per heavy atom. The van der Waals surface area contributed by atoms with E-state index < -0.39 is 0 Å². The first-order valence-electron chi connectivity index (χ1n) is 6.08. The fourth-order valence-electron chi connectivity index (χ4n) is 1.87. The molecule has 0 unspecified atom stereocenters. The molecule has 0 fully saturated rings. The Balaban J connectivity index is 2.15. The van der Waals surface area contributed by atoms with Crippen molar-refractivity contribution in [2.45, 2.75) is 13.0 Å². The summed E-state index contributed by atoms with van der Waals surface area (Å²) in [6.45, 7) is 1.88. The van der Waals surface area contributed by atoms with Gasteiger partial charge in [0.25, 0.3) is 5.91 Å². The Labute approximate surface area is 127 Å². The molecule has 2 rings (SSSR count). The van der Waals surface area contributed by atoms with Gasteiger partial charge in [0, 0.05) is 15.7 Å². The zero-order chi connectivity index (χ0) is 14.7. The molecule has 0 bridgehead atoms. The Kier molecular flexibility index (Phi) is 4.53. The fourth-order valence-corrected chi connectivity index (χ4v) is 2.25.